The zero-order valence-corrected chi connectivity index (χ0v) is 14.0. The monoisotopic (exact) mass is 315 g/mol. The quantitative estimate of drug-likeness (QED) is 0.394. The highest BCUT2D eigenvalue weighted by atomic mass is 79.9. The summed E-state index contributed by atoms with van der Waals surface area (Å²) >= 11 is 0. The largest absolute Gasteiger partial charge is 1.00 e. The van der Waals surface area contributed by atoms with E-state index in [-0.39, 0.29) is 17.0 Å². The van der Waals surface area contributed by atoms with Crippen LogP contribution >= 0.6 is 0 Å². The molecule has 0 aliphatic rings. The number of hydrogen-bond donors (Lipinski definition) is 0. The highest BCUT2D eigenvalue weighted by molar-refractivity contribution is 6.60. The molecular formula is C10H26BrNO3Si. The lowest BCUT2D eigenvalue weighted by Crippen LogP contribution is -3.00. The van der Waals surface area contributed by atoms with Crippen LogP contribution in [0.4, 0.5) is 0 Å². The van der Waals surface area contributed by atoms with E-state index in [1.807, 2.05) is 0 Å². The predicted octanol–water partition coefficient (Wildman–Crippen LogP) is -1.72. The third-order valence-corrected chi connectivity index (χ3v) is 6.40. The summed E-state index contributed by atoms with van der Waals surface area (Å²) in [7, 11) is 2.58. The lowest BCUT2D eigenvalue weighted by atomic mass is 10.4. The van der Waals surface area contributed by atoms with Crippen LogP contribution in [0, 0.1) is 0 Å². The van der Waals surface area contributed by atoms with Gasteiger partial charge in [0.1, 0.15) is 6.17 Å². The Balaban J connectivity index is 0. The van der Waals surface area contributed by atoms with Gasteiger partial charge in [-0.05, 0) is 20.8 Å². The number of rotatable bonds is 8. The van der Waals surface area contributed by atoms with Crippen LogP contribution in [0.15, 0.2) is 0 Å². The lowest BCUT2D eigenvalue weighted by molar-refractivity contribution is -0.916. The van der Waals surface area contributed by atoms with Crippen molar-refractivity contribution in [2.75, 3.05) is 47.1 Å². The van der Waals surface area contributed by atoms with Gasteiger partial charge in [0.05, 0.1) is 19.6 Å². The van der Waals surface area contributed by atoms with Gasteiger partial charge in [-0.25, -0.2) is 0 Å². The smallest absolute Gasteiger partial charge is 0.558 e. The van der Waals surface area contributed by atoms with E-state index in [0.717, 1.165) is 30.3 Å². The molecule has 0 saturated heterocycles. The first-order valence-corrected chi connectivity index (χ1v) is 7.51. The molecule has 0 aromatic heterocycles. The summed E-state index contributed by atoms with van der Waals surface area (Å²) in [6, 6.07) is 0. The van der Waals surface area contributed by atoms with Crippen LogP contribution < -0.4 is 17.0 Å². The Hall–Kier alpha value is 0.537. The molecule has 0 bridgehead atoms. The molecule has 0 heterocycles. The molecule has 0 aliphatic heterocycles. The minimum atomic E-state index is -2.44. The Morgan fingerprint density at radius 3 is 1.31 bits per heavy atom. The Kier molecular flexibility index (Phi) is 10.2. The zero-order valence-electron chi connectivity index (χ0n) is 11.4. The second kappa shape index (κ2) is 8.60. The summed E-state index contributed by atoms with van der Waals surface area (Å²) in [6.45, 7) is 9.85. The first-order chi connectivity index (χ1) is 7.07. The van der Waals surface area contributed by atoms with Gasteiger partial charge < -0.3 is 34.7 Å². The average molecular weight is 316 g/mol. The van der Waals surface area contributed by atoms with Crippen LogP contribution in [0.25, 0.3) is 0 Å². The second-order valence-electron chi connectivity index (χ2n) is 3.74. The normalized spacial score (nSPS) is 12.4. The number of hydrogen-bond acceptors (Lipinski definition) is 3. The van der Waals surface area contributed by atoms with E-state index >= 15 is 0 Å². The van der Waals surface area contributed by atoms with Gasteiger partial charge in [-0.1, -0.05) is 0 Å². The lowest BCUT2D eigenvalue weighted by Gasteiger charge is -2.39. The molecule has 0 radical (unpaired) electrons. The molecular weight excluding hydrogens is 290 g/mol. The van der Waals surface area contributed by atoms with E-state index in [4.69, 9.17) is 13.3 Å². The Morgan fingerprint density at radius 2 is 1.12 bits per heavy atom. The molecule has 0 N–H and O–H groups in total. The molecule has 0 aliphatic carbocycles. The van der Waals surface area contributed by atoms with Gasteiger partial charge in [0.25, 0.3) is 0 Å². The van der Waals surface area contributed by atoms with Crippen LogP contribution in [-0.2, 0) is 13.3 Å². The summed E-state index contributed by atoms with van der Waals surface area (Å²) < 4.78 is 17.4. The fraction of sp³-hybridized carbons (Fsp3) is 1.00. The molecule has 6 heteroatoms. The van der Waals surface area contributed by atoms with Crippen molar-refractivity contribution in [2.24, 2.45) is 0 Å². The fourth-order valence-electron chi connectivity index (χ4n) is 1.86. The average Bonchev–Trinajstić information content (AvgIpc) is 2.33. The predicted molar refractivity (Wildman–Crippen MR) is 63.5 cm³/mol. The molecule has 0 fully saturated rings. The third kappa shape index (κ3) is 4.42. The summed E-state index contributed by atoms with van der Waals surface area (Å²) in [5.74, 6) is 0. The molecule has 0 spiro atoms. The number of nitrogens with zero attached hydrogens (tertiary/aromatic N) is 1. The van der Waals surface area contributed by atoms with Crippen LogP contribution in [0.3, 0.4) is 0 Å². The summed E-state index contributed by atoms with van der Waals surface area (Å²) in [4.78, 5) is 0. The molecule has 0 amide bonds. The van der Waals surface area contributed by atoms with Gasteiger partial charge in [-0.3, -0.25) is 0 Å². The highest BCUT2D eigenvalue weighted by Gasteiger charge is 2.46. The van der Waals surface area contributed by atoms with E-state index in [0.29, 0.717) is 0 Å². The Bertz CT molecular complexity index is 141. The van der Waals surface area contributed by atoms with Crippen LogP contribution in [-0.4, -0.2) is 60.4 Å². The van der Waals surface area contributed by atoms with Crippen molar-refractivity contribution in [3.8, 4) is 0 Å². The van der Waals surface area contributed by atoms with Crippen molar-refractivity contribution in [3.63, 3.8) is 0 Å². The Morgan fingerprint density at radius 1 is 0.812 bits per heavy atom. The fourth-order valence-corrected chi connectivity index (χ4v) is 4.24. The standard InChI is InChI=1S/C10H26NO3Si.BrH/c1-7-11(8-2,9-3)10-15(12-4,13-5)14-6;/h7-10H2,1-6H3;1H/q+1;/p-1. The van der Waals surface area contributed by atoms with E-state index in [2.05, 4.69) is 20.8 Å². The van der Waals surface area contributed by atoms with Gasteiger partial charge >= 0.3 is 8.80 Å². The summed E-state index contributed by atoms with van der Waals surface area (Å²) in [6.07, 6.45) is 0.847. The highest BCUT2D eigenvalue weighted by Crippen LogP contribution is 2.15. The molecule has 16 heavy (non-hydrogen) atoms. The van der Waals surface area contributed by atoms with E-state index in [1.165, 1.54) is 0 Å². The van der Waals surface area contributed by atoms with Crippen LogP contribution in [0.5, 0.6) is 0 Å². The maximum absolute atomic E-state index is 5.48. The minimum absolute atomic E-state index is 0. The molecule has 0 unspecified atom stereocenters. The van der Waals surface area contributed by atoms with Crippen LogP contribution in [0.2, 0.25) is 0 Å². The van der Waals surface area contributed by atoms with Crippen molar-refractivity contribution >= 4 is 8.80 Å². The number of quaternary nitrogens is 1. The second-order valence-corrected chi connectivity index (χ2v) is 6.65. The molecule has 0 atom stereocenters. The van der Waals surface area contributed by atoms with E-state index in [1.54, 1.807) is 21.3 Å². The van der Waals surface area contributed by atoms with Gasteiger partial charge in [0, 0.05) is 21.3 Å². The first kappa shape index (κ1) is 18.9. The maximum atomic E-state index is 5.48. The van der Waals surface area contributed by atoms with Gasteiger partial charge in [0.15, 0.2) is 0 Å². The van der Waals surface area contributed by atoms with Gasteiger partial charge in [-0.2, -0.15) is 0 Å². The SMILES string of the molecule is CC[N+](CC)(CC)C[Si](OC)(OC)OC.[Br-]. The molecule has 0 aromatic carbocycles. The third-order valence-electron chi connectivity index (χ3n) is 3.47. The minimum Gasteiger partial charge on any atom is -1.00 e. The van der Waals surface area contributed by atoms with Crippen molar-refractivity contribution < 1.29 is 34.7 Å². The van der Waals surface area contributed by atoms with E-state index < -0.39 is 8.80 Å². The topological polar surface area (TPSA) is 27.7 Å². The Labute approximate surface area is 112 Å². The van der Waals surface area contributed by atoms with Crippen molar-refractivity contribution in [1.82, 2.24) is 0 Å². The summed E-state index contributed by atoms with van der Waals surface area (Å²) in [5, 5.41) is 0. The summed E-state index contributed by atoms with van der Waals surface area (Å²) in [5.41, 5.74) is 0. The van der Waals surface area contributed by atoms with Crippen LogP contribution in [0.1, 0.15) is 20.8 Å². The molecule has 4 nitrogen and oxygen atoms in total. The van der Waals surface area contributed by atoms with Gasteiger partial charge in [0.2, 0.25) is 0 Å². The molecule has 0 rings (SSSR count). The van der Waals surface area contributed by atoms with Crippen molar-refractivity contribution in [3.05, 3.63) is 0 Å². The first-order valence-electron chi connectivity index (χ1n) is 5.58. The molecule has 0 aromatic rings. The molecule has 100 valence electrons. The van der Waals surface area contributed by atoms with Gasteiger partial charge in [-0.15, -0.1) is 0 Å². The zero-order chi connectivity index (χ0) is 11.9. The van der Waals surface area contributed by atoms with Crippen molar-refractivity contribution in [2.45, 2.75) is 20.8 Å². The van der Waals surface area contributed by atoms with Crippen molar-refractivity contribution in [1.29, 1.82) is 0 Å². The maximum Gasteiger partial charge on any atom is 0.558 e. The van der Waals surface area contributed by atoms with E-state index in [9.17, 15) is 0 Å². The molecule has 0 saturated carbocycles. The number of halogens is 1.